The molecule has 0 aliphatic heterocycles. The molecule has 0 fully saturated rings. The molecule has 0 saturated carbocycles. The highest BCUT2D eigenvalue weighted by molar-refractivity contribution is 5.88. The topological polar surface area (TPSA) is 76.5 Å². The fourth-order valence-corrected chi connectivity index (χ4v) is 1.56. The molecule has 6 heteroatoms. The summed E-state index contributed by atoms with van der Waals surface area (Å²) < 4.78 is 1.56. The van der Waals surface area contributed by atoms with E-state index in [2.05, 4.69) is 20.1 Å². The van der Waals surface area contributed by atoms with Gasteiger partial charge in [0.25, 0.3) is 0 Å². The summed E-state index contributed by atoms with van der Waals surface area (Å²) in [5.41, 5.74) is 1.36. The minimum Gasteiger partial charge on any atom is -0.351 e. The normalized spacial score (nSPS) is 10.8. The number of carbonyl (C=O) groups is 1. The van der Waals surface area contributed by atoms with Crippen LogP contribution in [-0.4, -0.2) is 31.0 Å². The highest BCUT2D eigenvalue weighted by atomic mass is 16.1. The first kappa shape index (κ1) is 8.78. The van der Waals surface area contributed by atoms with E-state index in [1.54, 1.807) is 23.3 Å². The number of aromatic nitrogens is 5. The van der Waals surface area contributed by atoms with E-state index in [1.165, 1.54) is 6.33 Å². The molecule has 6 nitrogen and oxygen atoms in total. The highest BCUT2D eigenvalue weighted by Crippen LogP contribution is 2.15. The maximum Gasteiger partial charge on any atom is 0.166 e. The molecule has 0 unspecified atom stereocenters. The Balaban J connectivity index is 2.19. The largest absolute Gasteiger partial charge is 0.351 e. The van der Waals surface area contributed by atoms with E-state index < -0.39 is 0 Å². The first-order valence-electron chi connectivity index (χ1n) is 4.66. The molecule has 0 aromatic carbocycles. The van der Waals surface area contributed by atoms with E-state index in [9.17, 15) is 4.79 Å². The number of H-pyrrole nitrogens is 1. The number of hydrogen-bond donors (Lipinski definition) is 1. The van der Waals surface area contributed by atoms with E-state index in [4.69, 9.17) is 0 Å². The van der Waals surface area contributed by atoms with Crippen molar-refractivity contribution in [3.05, 3.63) is 36.7 Å². The molecule has 3 rings (SSSR count). The second kappa shape index (κ2) is 3.27. The lowest BCUT2D eigenvalue weighted by molar-refractivity contribution is 0.112. The van der Waals surface area contributed by atoms with Crippen molar-refractivity contribution in [3.63, 3.8) is 0 Å². The summed E-state index contributed by atoms with van der Waals surface area (Å²) in [6.45, 7) is 0. The third-order valence-electron chi connectivity index (χ3n) is 2.29. The van der Waals surface area contributed by atoms with Crippen molar-refractivity contribution in [2.75, 3.05) is 0 Å². The van der Waals surface area contributed by atoms with E-state index in [1.807, 2.05) is 6.07 Å². The van der Waals surface area contributed by atoms with Crippen molar-refractivity contribution in [1.82, 2.24) is 24.7 Å². The lowest BCUT2D eigenvalue weighted by atomic mass is 10.3. The zero-order chi connectivity index (χ0) is 11.0. The van der Waals surface area contributed by atoms with Gasteiger partial charge in [0.1, 0.15) is 12.7 Å². The van der Waals surface area contributed by atoms with E-state index in [0.29, 0.717) is 11.5 Å². The molecule has 0 amide bonds. The summed E-state index contributed by atoms with van der Waals surface area (Å²) in [4.78, 5) is 21.6. The number of pyridine rings is 1. The molecule has 0 aliphatic carbocycles. The number of aldehydes is 1. The van der Waals surface area contributed by atoms with Crippen LogP contribution in [0.1, 0.15) is 10.5 Å². The van der Waals surface area contributed by atoms with E-state index in [0.717, 1.165) is 17.2 Å². The molecule has 3 heterocycles. The predicted octanol–water partition coefficient (Wildman–Crippen LogP) is 0.956. The Morgan fingerprint density at radius 3 is 3.06 bits per heavy atom. The molecule has 1 N–H and O–H groups in total. The zero-order valence-corrected chi connectivity index (χ0v) is 8.16. The summed E-state index contributed by atoms with van der Waals surface area (Å²) in [7, 11) is 0. The first-order valence-corrected chi connectivity index (χ1v) is 4.66. The number of aromatic amines is 1. The van der Waals surface area contributed by atoms with Gasteiger partial charge >= 0.3 is 0 Å². The molecule has 0 saturated heterocycles. The van der Waals surface area contributed by atoms with Crippen LogP contribution in [0.25, 0.3) is 16.7 Å². The van der Waals surface area contributed by atoms with Gasteiger partial charge < -0.3 is 4.98 Å². The summed E-state index contributed by atoms with van der Waals surface area (Å²) in [5, 5.41) is 4.90. The minimum atomic E-state index is 0.535. The number of nitrogens with one attached hydrogen (secondary N) is 1. The average Bonchev–Trinajstić information content (AvgIpc) is 2.96. The Morgan fingerprint density at radius 2 is 2.31 bits per heavy atom. The second-order valence-corrected chi connectivity index (χ2v) is 3.31. The van der Waals surface area contributed by atoms with Crippen LogP contribution in [0.5, 0.6) is 0 Å². The van der Waals surface area contributed by atoms with E-state index in [-0.39, 0.29) is 0 Å². The van der Waals surface area contributed by atoms with Gasteiger partial charge in [-0.2, -0.15) is 5.10 Å². The molecule has 0 radical (unpaired) electrons. The minimum absolute atomic E-state index is 0.535. The third kappa shape index (κ3) is 1.28. The molecule has 3 aromatic heterocycles. The fraction of sp³-hybridized carbons (Fsp3) is 0. The van der Waals surface area contributed by atoms with Crippen molar-refractivity contribution in [3.8, 4) is 5.82 Å². The monoisotopic (exact) mass is 213 g/mol. The van der Waals surface area contributed by atoms with Crippen LogP contribution in [0.3, 0.4) is 0 Å². The Morgan fingerprint density at radius 1 is 1.38 bits per heavy atom. The van der Waals surface area contributed by atoms with Crippen LogP contribution >= 0.6 is 0 Å². The van der Waals surface area contributed by atoms with Crippen LogP contribution in [0.4, 0.5) is 0 Å². The molecule has 0 aliphatic rings. The van der Waals surface area contributed by atoms with E-state index >= 15 is 0 Å². The Hall–Kier alpha value is -2.50. The van der Waals surface area contributed by atoms with Gasteiger partial charge in [0.2, 0.25) is 0 Å². The van der Waals surface area contributed by atoms with Gasteiger partial charge in [-0.05, 0) is 12.1 Å². The zero-order valence-electron chi connectivity index (χ0n) is 8.16. The maximum atomic E-state index is 10.6. The molecule has 16 heavy (non-hydrogen) atoms. The standard InChI is InChI=1S/C10H7N5O/c16-4-8-1-7-2-10(12-3-9(7)14-8)15-6-11-5-13-15/h1-6,14H. The quantitative estimate of drug-likeness (QED) is 0.643. The fourth-order valence-electron chi connectivity index (χ4n) is 1.56. The van der Waals surface area contributed by atoms with Crippen molar-refractivity contribution in [2.45, 2.75) is 0 Å². The third-order valence-corrected chi connectivity index (χ3v) is 2.29. The SMILES string of the molecule is O=Cc1cc2cc(-n3cncn3)ncc2[nH]1. The van der Waals surface area contributed by atoms with Gasteiger partial charge in [-0.15, -0.1) is 0 Å². The lowest BCUT2D eigenvalue weighted by Gasteiger charge is -1.98. The van der Waals surface area contributed by atoms with Crippen LogP contribution in [0.2, 0.25) is 0 Å². The van der Waals surface area contributed by atoms with Crippen molar-refractivity contribution >= 4 is 17.2 Å². The van der Waals surface area contributed by atoms with Crippen LogP contribution in [0.15, 0.2) is 31.0 Å². The number of nitrogens with zero attached hydrogens (tertiary/aromatic N) is 4. The molecule has 0 spiro atoms. The van der Waals surface area contributed by atoms with Crippen LogP contribution in [-0.2, 0) is 0 Å². The second-order valence-electron chi connectivity index (χ2n) is 3.31. The van der Waals surface area contributed by atoms with Crippen LogP contribution in [0, 0.1) is 0 Å². The number of hydrogen-bond acceptors (Lipinski definition) is 4. The van der Waals surface area contributed by atoms with Crippen molar-refractivity contribution in [2.24, 2.45) is 0 Å². The highest BCUT2D eigenvalue weighted by Gasteiger charge is 2.03. The van der Waals surface area contributed by atoms with Crippen molar-refractivity contribution in [1.29, 1.82) is 0 Å². The van der Waals surface area contributed by atoms with Gasteiger partial charge in [0.05, 0.1) is 17.4 Å². The molecule has 0 bridgehead atoms. The van der Waals surface area contributed by atoms with Gasteiger partial charge in [-0.1, -0.05) is 0 Å². The summed E-state index contributed by atoms with van der Waals surface area (Å²) in [5.74, 6) is 0.668. The molecule has 3 aromatic rings. The van der Waals surface area contributed by atoms with Gasteiger partial charge in [-0.3, -0.25) is 4.79 Å². The predicted molar refractivity (Wildman–Crippen MR) is 56.4 cm³/mol. The molecule has 0 atom stereocenters. The van der Waals surface area contributed by atoms with Crippen LogP contribution < -0.4 is 0 Å². The maximum absolute atomic E-state index is 10.6. The average molecular weight is 213 g/mol. The van der Waals surface area contributed by atoms with Gasteiger partial charge in [-0.25, -0.2) is 14.6 Å². The lowest BCUT2D eigenvalue weighted by Crippen LogP contribution is -1.96. The van der Waals surface area contributed by atoms with Crippen molar-refractivity contribution < 1.29 is 4.79 Å². The smallest absolute Gasteiger partial charge is 0.166 e. The first-order chi connectivity index (χ1) is 7.86. The Labute approximate surface area is 90.0 Å². The Bertz CT molecular complexity index is 640. The molecular weight excluding hydrogens is 206 g/mol. The van der Waals surface area contributed by atoms with Gasteiger partial charge in [0.15, 0.2) is 12.1 Å². The van der Waals surface area contributed by atoms with Gasteiger partial charge in [0, 0.05) is 5.39 Å². The Kier molecular flexibility index (Phi) is 1.79. The molecular formula is C10H7N5O. The number of fused-ring (bicyclic) bond motifs is 1. The number of carbonyl (C=O) groups excluding carboxylic acids is 1. The summed E-state index contributed by atoms with van der Waals surface area (Å²) >= 11 is 0. The molecule has 78 valence electrons. The summed E-state index contributed by atoms with van der Waals surface area (Å²) in [6.07, 6.45) is 5.45. The number of rotatable bonds is 2. The summed E-state index contributed by atoms with van der Waals surface area (Å²) in [6, 6.07) is 3.61.